The zero-order valence-corrected chi connectivity index (χ0v) is 16.7. The first-order valence-corrected chi connectivity index (χ1v) is 10.5. The lowest BCUT2D eigenvalue weighted by atomic mass is 9.83. The molecule has 0 saturated carbocycles. The molecule has 22 heavy (non-hydrogen) atoms. The monoisotopic (exact) mass is 310 g/mol. The van der Waals surface area contributed by atoms with Crippen molar-refractivity contribution in [2.24, 2.45) is 11.3 Å². The highest BCUT2D eigenvalue weighted by Crippen LogP contribution is 2.27. The van der Waals surface area contributed by atoms with Gasteiger partial charge in [0.15, 0.2) is 0 Å². The van der Waals surface area contributed by atoms with E-state index < -0.39 is 0 Å². The minimum Gasteiger partial charge on any atom is -0.0654 e. The Hall–Kier alpha value is 0. The van der Waals surface area contributed by atoms with Crippen LogP contribution in [0.25, 0.3) is 0 Å². The van der Waals surface area contributed by atoms with Gasteiger partial charge in [-0.05, 0) is 17.8 Å². The summed E-state index contributed by atoms with van der Waals surface area (Å²) in [7, 11) is 0. The van der Waals surface area contributed by atoms with E-state index >= 15 is 0 Å². The molecule has 1 unspecified atom stereocenters. The van der Waals surface area contributed by atoms with E-state index in [-0.39, 0.29) is 0 Å². The highest BCUT2D eigenvalue weighted by atomic mass is 14.2. The van der Waals surface area contributed by atoms with Crippen LogP contribution in [0.4, 0.5) is 0 Å². The summed E-state index contributed by atoms with van der Waals surface area (Å²) in [4.78, 5) is 0. The lowest BCUT2D eigenvalue weighted by Crippen LogP contribution is -2.10. The summed E-state index contributed by atoms with van der Waals surface area (Å²) in [6.07, 6.45) is 21.8. The van der Waals surface area contributed by atoms with Crippen LogP contribution in [-0.2, 0) is 0 Å². The van der Waals surface area contributed by atoms with Gasteiger partial charge in [0.1, 0.15) is 0 Å². The number of unbranched alkanes of at least 4 members (excludes halogenated alkanes) is 12. The van der Waals surface area contributed by atoms with Gasteiger partial charge in [-0.1, -0.05) is 125 Å². The maximum atomic E-state index is 2.44. The van der Waals surface area contributed by atoms with Crippen molar-refractivity contribution in [2.45, 2.75) is 131 Å². The van der Waals surface area contributed by atoms with Gasteiger partial charge in [0.2, 0.25) is 0 Å². The molecule has 0 radical (unpaired) electrons. The van der Waals surface area contributed by atoms with Crippen molar-refractivity contribution in [3.8, 4) is 0 Å². The molecule has 0 rings (SSSR count). The van der Waals surface area contributed by atoms with E-state index in [1.54, 1.807) is 0 Å². The fourth-order valence-electron chi connectivity index (χ4n) is 3.66. The Bertz CT molecular complexity index is 211. The Balaban J connectivity index is 3.14. The quantitative estimate of drug-likeness (QED) is 0.266. The maximum Gasteiger partial charge on any atom is -0.0380 e. The average Bonchev–Trinajstić information content (AvgIpc) is 2.42. The van der Waals surface area contributed by atoms with Crippen LogP contribution in [0.3, 0.4) is 0 Å². The second kappa shape index (κ2) is 14.6. The molecule has 0 fully saturated rings. The number of rotatable bonds is 15. The summed E-state index contributed by atoms with van der Waals surface area (Å²) in [6, 6.07) is 0. The molecule has 0 aliphatic carbocycles. The van der Waals surface area contributed by atoms with Crippen LogP contribution in [0.15, 0.2) is 0 Å². The fourth-order valence-corrected chi connectivity index (χ4v) is 3.66. The van der Waals surface area contributed by atoms with E-state index in [1.165, 1.54) is 96.3 Å². The molecule has 0 saturated heterocycles. The van der Waals surface area contributed by atoms with Crippen molar-refractivity contribution >= 4 is 0 Å². The second-order valence-electron chi connectivity index (χ2n) is 8.90. The van der Waals surface area contributed by atoms with Crippen molar-refractivity contribution in [3.05, 3.63) is 0 Å². The predicted octanol–water partition coefficient (Wildman–Crippen LogP) is 8.54. The molecule has 1 atom stereocenters. The van der Waals surface area contributed by atoms with Gasteiger partial charge in [0.05, 0.1) is 0 Å². The van der Waals surface area contributed by atoms with Crippen LogP contribution < -0.4 is 0 Å². The van der Waals surface area contributed by atoms with E-state index in [1.807, 2.05) is 0 Å². The summed E-state index contributed by atoms with van der Waals surface area (Å²) in [5.41, 5.74) is 0.510. The van der Waals surface area contributed by atoms with E-state index in [0.717, 1.165) is 5.92 Å². The van der Waals surface area contributed by atoms with Gasteiger partial charge in [-0.15, -0.1) is 0 Å². The molecule has 134 valence electrons. The SMILES string of the molecule is CCCCCCCCCCCCCCCC(C)CC(C)(C)C. The Morgan fingerprint density at radius 2 is 0.955 bits per heavy atom. The zero-order chi connectivity index (χ0) is 16.7. The van der Waals surface area contributed by atoms with Gasteiger partial charge < -0.3 is 0 Å². The topological polar surface area (TPSA) is 0 Å². The Morgan fingerprint density at radius 1 is 0.591 bits per heavy atom. The largest absolute Gasteiger partial charge is 0.0654 e. The van der Waals surface area contributed by atoms with E-state index in [0.29, 0.717) is 5.41 Å². The summed E-state index contributed by atoms with van der Waals surface area (Å²) < 4.78 is 0. The van der Waals surface area contributed by atoms with E-state index in [2.05, 4.69) is 34.6 Å². The van der Waals surface area contributed by atoms with Gasteiger partial charge in [-0.3, -0.25) is 0 Å². The van der Waals surface area contributed by atoms with Crippen molar-refractivity contribution in [3.63, 3.8) is 0 Å². The van der Waals surface area contributed by atoms with Crippen molar-refractivity contribution < 1.29 is 0 Å². The Kier molecular flexibility index (Phi) is 14.6. The number of hydrogen-bond acceptors (Lipinski definition) is 0. The fraction of sp³-hybridized carbons (Fsp3) is 1.00. The first kappa shape index (κ1) is 22.0. The van der Waals surface area contributed by atoms with Gasteiger partial charge in [-0.25, -0.2) is 0 Å². The minimum atomic E-state index is 0.510. The van der Waals surface area contributed by atoms with E-state index in [9.17, 15) is 0 Å². The summed E-state index contributed by atoms with van der Waals surface area (Å²) in [5, 5.41) is 0. The normalized spacial score (nSPS) is 13.5. The summed E-state index contributed by atoms with van der Waals surface area (Å²) in [5.74, 6) is 0.910. The smallest absolute Gasteiger partial charge is 0.0380 e. The molecule has 0 aromatic rings. The zero-order valence-electron chi connectivity index (χ0n) is 16.7. The minimum absolute atomic E-state index is 0.510. The van der Waals surface area contributed by atoms with Crippen molar-refractivity contribution in [1.82, 2.24) is 0 Å². The third-order valence-corrected chi connectivity index (χ3v) is 4.76. The predicted molar refractivity (Wildman–Crippen MR) is 104 cm³/mol. The van der Waals surface area contributed by atoms with Crippen molar-refractivity contribution in [1.29, 1.82) is 0 Å². The third kappa shape index (κ3) is 18.1. The Labute approximate surface area is 142 Å². The molecule has 0 aliphatic heterocycles. The molecule has 0 spiro atoms. The molecular formula is C22H46. The summed E-state index contributed by atoms with van der Waals surface area (Å²) in [6.45, 7) is 11.8. The maximum absolute atomic E-state index is 2.44. The molecule has 0 aliphatic rings. The molecule has 0 aromatic heterocycles. The van der Waals surface area contributed by atoms with Gasteiger partial charge in [0, 0.05) is 0 Å². The molecule has 0 heteroatoms. The van der Waals surface area contributed by atoms with Gasteiger partial charge >= 0.3 is 0 Å². The van der Waals surface area contributed by atoms with Gasteiger partial charge in [0.25, 0.3) is 0 Å². The van der Waals surface area contributed by atoms with Crippen LogP contribution >= 0.6 is 0 Å². The highest BCUT2D eigenvalue weighted by Gasteiger charge is 2.14. The van der Waals surface area contributed by atoms with Crippen LogP contribution in [0.1, 0.15) is 131 Å². The lowest BCUT2D eigenvalue weighted by molar-refractivity contribution is 0.291. The molecule has 0 nitrogen and oxygen atoms in total. The average molecular weight is 311 g/mol. The molecule has 0 N–H and O–H groups in total. The van der Waals surface area contributed by atoms with Crippen molar-refractivity contribution in [2.75, 3.05) is 0 Å². The summed E-state index contributed by atoms with van der Waals surface area (Å²) >= 11 is 0. The standard InChI is InChI=1S/C22H46/c1-6-7-8-9-10-11-12-13-14-15-16-17-18-19-21(2)20-22(3,4)5/h21H,6-20H2,1-5H3. The molecular weight excluding hydrogens is 264 g/mol. The van der Waals surface area contributed by atoms with Crippen LogP contribution in [-0.4, -0.2) is 0 Å². The lowest BCUT2D eigenvalue weighted by Gasteiger charge is -2.23. The van der Waals surface area contributed by atoms with Gasteiger partial charge in [-0.2, -0.15) is 0 Å². The third-order valence-electron chi connectivity index (χ3n) is 4.76. The van der Waals surface area contributed by atoms with Crippen LogP contribution in [0.5, 0.6) is 0 Å². The van der Waals surface area contributed by atoms with E-state index in [4.69, 9.17) is 0 Å². The number of hydrogen-bond donors (Lipinski definition) is 0. The van der Waals surface area contributed by atoms with Crippen LogP contribution in [0, 0.1) is 11.3 Å². The second-order valence-corrected chi connectivity index (χ2v) is 8.90. The molecule has 0 amide bonds. The highest BCUT2D eigenvalue weighted by molar-refractivity contribution is 4.66. The van der Waals surface area contributed by atoms with Crippen LogP contribution in [0.2, 0.25) is 0 Å². The molecule has 0 aromatic carbocycles. The first-order valence-electron chi connectivity index (χ1n) is 10.5. The molecule has 0 heterocycles. The first-order chi connectivity index (χ1) is 10.5. The molecule has 0 bridgehead atoms. The Morgan fingerprint density at radius 3 is 1.32 bits per heavy atom.